The van der Waals surface area contributed by atoms with Crippen molar-refractivity contribution in [1.82, 2.24) is 0 Å². The zero-order valence-corrected chi connectivity index (χ0v) is 17.3. The fourth-order valence-corrected chi connectivity index (χ4v) is 5.68. The highest BCUT2D eigenvalue weighted by molar-refractivity contribution is 6.32. The number of benzene rings is 3. The highest BCUT2D eigenvalue weighted by Gasteiger charge is 2.28. The third-order valence-electron chi connectivity index (χ3n) is 6.79. The molecule has 0 bridgehead atoms. The van der Waals surface area contributed by atoms with Crippen LogP contribution in [0.2, 0.25) is 5.02 Å². The highest BCUT2D eigenvalue weighted by atomic mass is 35.5. The van der Waals surface area contributed by atoms with E-state index in [1.807, 2.05) is 6.07 Å². The Morgan fingerprint density at radius 1 is 0.897 bits per heavy atom. The largest absolute Gasteiger partial charge is 0.489 e. The van der Waals surface area contributed by atoms with Crippen molar-refractivity contribution in [2.24, 2.45) is 0 Å². The lowest BCUT2D eigenvalue weighted by Gasteiger charge is -2.23. The molecule has 2 heteroatoms. The van der Waals surface area contributed by atoms with Gasteiger partial charge in [0.1, 0.15) is 11.9 Å². The van der Waals surface area contributed by atoms with Crippen LogP contribution in [0.15, 0.2) is 48.5 Å². The van der Waals surface area contributed by atoms with Crippen LogP contribution in [0.1, 0.15) is 41.5 Å². The minimum absolute atomic E-state index is 0.210. The Balaban J connectivity index is 1.52. The van der Waals surface area contributed by atoms with Crippen LogP contribution in [0, 0.1) is 10.4 Å². The second kappa shape index (κ2) is 6.50. The van der Waals surface area contributed by atoms with Crippen LogP contribution in [-0.2, 0) is 19.3 Å². The summed E-state index contributed by atoms with van der Waals surface area (Å²) in [4.78, 5) is 0. The molecule has 0 N–H and O–H groups in total. The van der Waals surface area contributed by atoms with Gasteiger partial charge in [0.2, 0.25) is 0 Å². The molecule has 1 aliphatic heterocycles. The van der Waals surface area contributed by atoms with Crippen LogP contribution in [0.3, 0.4) is 0 Å². The van der Waals surface area contributed by atoms with E-state index >= 15 is 0 Å². The molecule has 1 nitrogen and oxygen atoms in total. The Hall–Kier alpha value is -2.51. The lowest BCUT2D eigenvalue weighted by atomic mass is 9.81. The van der Waals surface area contributed by atoms with E-state index in [-0.39, 0.29) is 6.10 Å². The Morgan fingerprint density at radius 2 is 1.79 bits per heavy atom. The standard InChI is InChI=1S/C27H23ClO/c1-16-14-25-22(12-13-26(28)27(25)29-16)19-7-9-21-18(15-19)8-11-23-20-5-3-2-4-17(20)6-10-24(21)23/h2-6,8,11-13,15-16,19H,7,9-10,14H2,1H3. The summed E-state index contributed by atoms with van der Waals surface area (Å²) in [5.74, 6) is 1.34. The van der Waals surface area contributed by atoms with Crippen LogP contribution in [0.25, 0.3) is 12.2 Å². The van der Waals surface area contributed by atoms with E-state index in [9.17, 15) is 0 Å². The van der Waals surface area contributed by atoms with Crippen molar-refractivity contribution in [3.63, 3.8) is 0 Å². The van der Waals surface area contributed by atoms with E-state index in [1.165, 1.54) is 37.6 Å². The molecule has 3 aromatic carbocycles. The number of halogens is 1. The molecular formula is C27H23ClO. The quantitative estimate of drug-likeness (QED) is 0.572. The molecule has 29 heavy (non-hydrogen) atoms. The van der Waals surface area contributed by atoms with Gasteiger partial charge in [-0.1, -0.05) is 66.2 Å². The van der Waals surface area contributed by atoms with Crippen LogP contribution >= 0.6 is 11.6 Å². The Morgan fingerprint density at radius 3 is 2.72 bits per heavy atom. The fraction of sp³-hybridized carbons (Fsp3) is 0.259. The van der Waals surface area contributed by atoms with Crippen LogP contribution in [0.5, 0.6) is 5.75 Å². The highest BCUT2D eigenvalue weighted by Crippen LogP contribution is 2.42. The summed E-state index contributed by atoms with van der Waals surface area (Å²) in [5.41, 5.74) is 5.78. The normalized spacial score (nSPS) is 21.0. The van der Waals surface area contributed by atoms with Crippen molar-refractivity contribution in [2.45, 2.75) is 44.6 Å². The Kier molecular flexibility index (Phi) is 3.89. The van der Waals surface area contributed by atoms with E-state index in [2.05, 4.69) is 61.5 Å². The predicted molar refractivity (Wildman–Crippen MR) is 119 cm³/mol. The van der Waals surface area contributed by atoms with Gasteiger partial charge in [-0.05, 0) is 69.8 Å². The molecule has 0 fully saturated rings. The van der Waals surface area contributed by atoms with E-state index in [0.29, 0.717) is 5.92 Å². The van der Waals surface area contributed by atoms with Crippen molar-refractivity contribution < 1.29 is 4.74 Å². The molecule has 2 aliphatic carbocycles. The summed E-state index contributed by atoms with van der Waals surface area (Å²) in [6.45, 7) is 2.13. The molecular weight excluding hydrogens is 376 g/mol. The minimum Gasteiger partial charge on any atom is -0.489 e. The first-order valence-corrected chi connectivity index (χ1v) is 11.0. The summed E-state index contributed by atoms with van der Waals surface area (Å²) in [6, 6.07) is 17.6. The fourth-order valence-electron chi connectivity index (χ4n) is 5.46. The van der Waals surface area contributed by atoms with E-state index in [1.54, 1.807) is 5.56 Å². The second-order valence-corrected chi connectivity index (χ2v) is 8.95. The zero-order chi connectivity index (χ0) is 19.5. The summed E-state index contributed by atoms with van der Waals surface area (Å²) in [5, 5.41) is 6.31. The number of hydrogen-bond acceptors (Lipinski definition) is 1. The topological polar surface area (TPSA) is 9.23 Å². The smallest absolute Gasteiger partial charge is 0.141 e. The lowest BCUT2D eigenvalue weighted by Crippen LogP contribution is -2.22. The van der Waals surface area contributed by atoms with Crippen LogP contribution in [0.4, 0.5) is 0 Å². The van der Waals surface area contributed by atoms with Gasteiger partial charge in [0.25, 0.3) is 0 Å². The average molecular weight is 399 g/mol. The second-order valence-electron chi connectivity index (χ2n) is 8.54. The number of ether oxygens (including phenoxy) is 1. The maximum atomic E-state index is 6.41. The molecule has 0 saturated carbocycles. The first-order chi connectivity index (χ1) is 14.2. The van der Waals surface area contributed by atoms with Gasteiger partial charge in [0.15, 0.2) is 0 Å². The predicted octanol–water partition coefficient (Wildman–Crippen LogP) is 4.80. The average Bonchev–Trinajstić information content (AvgIpc) is 3.15. The molecule has 6 rings (SSSR count). The third kappa shape index (κ3) is 2.68. The van der Waals surface area contributed by atoms with Crippen molar-refractivity contribution >= 4 is 23.8 Å². The first kappa shape index (κ1) is 17.4. The zero-order valence-electron chi connectivity index (χ0n) is 16.5. The maximum Gasteiger partial charge on any atom is 0.141 e. The molecule has 0 aromatic heterocycles. The van der Waals surface area contributed by atoms with Gasteiger partial charge in [-0.15, -0.1) is 0 Å². The van der Waals surface area contributed by atoms with E-state index < -0.39 is 0 Å². The molecule has 2 unspecified atom stereocenters. The molecule has 3 aromatic rings. The molecule has 1 heterocycles. The van der Waals surface area contributed by atoms with Crippen molar-refractivity contribution in [3.8, 4) is 5.75 Å². The van der Waals surface area contributed by atoms with Gasteiger partial charge in [0.05, 0.1) is 5.02 Å². The van der Waals surface area contributed by atoms with Crippen molar-refractivity contribution in [1.29, 1.82) is 0 Å². The van der Waals surface area contributed by atoms with Crippen LogP contribution in [-0.4, -0.2) is 6.10 Å². The maximum absolute atomic E-state index is 6.41. The molecule has 0 saturated heterocycles. The molecule has 0 spiro atoms. The SMILES string of the molecule is CC1Cc2c(C3C=c4ccc5c(c4CC3)CC=c3ccccc3=5)ccc(Cl)c2O1. The summed E-state index contributed by atoms with van der Waals surface area (Å²) in [6.07, 6.45) is 9.34. The third-order valence-corrected chi connectivity index (χ3v) is 7.09. The molecule has 3 aliphatic rings. The van der Waals surface area contributed by atoms with E-state index in [0.717, 1.165) is 36.5 Å². The summed E-state index contributed by atoms with van der Waals surface area (Å²) >= 11 is 6.41. The summed E-state index contributed by atoms with van der Waals surface area (Å²) in [7, 11) is 0. The Labute approximate surface area is 175 Å². The van der Waals surface area contributed by atoms with Gasteiger partial charge in [-0.3, -0.25) is 0 Å². The van der Waals surface area contributed by atoms with Crippen LogP contribution < -0.4 is 15.2 Å². The summed E-state index contributed by atoms with van der Waals surface area (Å²) < 4.78 is 6.00. The number of hydrogen-bond donors (Lipinski definition) is 0. The number of rotatable bonds is 1. The monoisotopic (exact) mass is 398 g/mol. The van der Waals surface area contributed by atoms with Crippen molar-refractivity contribution in [2.75, 3.05) is 0 Å². The van der Waals surface area contributed by atoms with Gasteiger partial charge in [-0.25, -0.2) is 0 Å². The molecule has 0 amide bonds. The molecule has 144 valence electrons. The van der Waals surface area contributed by atoms with Gasteiger partial charge < -0.3 is 4.74 Å². The van der Waals surface area contributed by atoms with Crippen molar-refractivity contribution in [3.05, 3.63) is 96.7 Å². The molecule has 0 radical (unpaired) electrons. The first-order valence-electron chi connectivity index (χ1n) is 10.6. The van der Waals surface area contributed by atoms with Gasteiger partial charge in [0, 0.05) is 17.9 Å². The van der Waals surface area contributed by atoms with Gasteiger partial charge >= 0.3 is 0 Å². The number of fused-ring (bicyclic) bond motifs is 5. The lowest BCUT2D eigenvalue weighted by molar-refractivity contribution is 0.255. The minimum atomic E-state index is 0.210. The van der Waals surface area contributed by atoms with Gasteiger partial charge in [-0.2, -0.15) is 0 Å². The van der Waals surface area contributed by atoms with E-state index in [4.69, 9.17) is 16.3 Å². The Bertz CT molecular complexity index is 1370. The molecule has 2 atom stereocenters.